The first-order chi connectivity index (χ1) is 12.0. The van der Waals surface area contributed by atoms with Gasteiger partial charge in [0.2, 0.25) is 0 Å². The molecule has 4 nitrogen and oxygen atoms in total. The number of hydrogen-bond acceptors (Lipinski definition) is 2. The van der Waals surface area contributed by atoms with Crippen LogP contribution in [0.4, 0.5) is 8.78 Å². The van der Waals surface area contributed by atoms with Crippen molar-refractivity contribution >= 4 is 5.91 Å². The number of carbonyl (C=O) groups excluding carboxylic acids is 1. The number of rotatable bonds is 4. The largest absolute Gasteiger partial charge is 0.348 e. The summed E-state index contributed by atoms with van der Waals surface area (Å²) in [5.74, 6) is -0.641. The number of aryl methyl sites for hydroxylation is 1. The molecular formula is C19H21F2N3O. The molecule has 132 valence electrons. The van der Waals surface area contributed by atoms with E-state index in [-0.39, 0.29) is 11.9 Å². The molecule has 2 aliphatic rings. The Hall–Kier alpha value is -2.24. The second-order valence-corrected chi connectivity index (χ2v) is 7.11. The lowest BCUT2D eigenvalue weighted by atomic mass is 9.95. The summed E-state index contributed by atoms with van der Waals surface area (Å²) >= 11 is 0. The van der Waals surface area contributed by atoms with Crippen LogP contribution >= 0.6 is 0 Å². The lowest BCUT2D eigenvalue weighted by Gasteiger charge is -2.22. The monoisotopic (exact) mass is 345 g/mol. The van der Waals surface area contributed by atoms with E-state index in [0.29, 0.717) is 29.4 Å². The molecule has 0 aliphatic heterocycles. The molecule has 4 rings (SSSR count). The van der Waals surface area contributed by atoms with E-state index in [1.54, 1.807) is 10.7 Å². The van der Waals surface area contributed by atoms with Crippen LogP contribution in [0.2, 0.25) is 0 Å². The molecule has 6 heteroatoms. The Morgan fingerprint density at radius 3 is 2.72 bits per heavy atom. The Kier molecular flexibility index (Phi) is 4.06. The van der Waals surface area contributed by atoms with E-state index in [9.17, 15) is 13.6 Å². The molecule has 1 heterocycles. The summed E-state index contributed by atoms with van der Waals surface area (Å²) in [5, 5.41) is 7.46. The van der Waals surface area contributed by atoms with Gasteiger partial charge in [0.15, 0.2) is 17.3 Å². The molecule has 2 saturated carbocycles. The average molecular weight is 345 g/mol. The Labute approximate surface area is 145 Å². The summed E-state index contributed by atoms with van der Waals surface area (Å²) in [6.45, 7) is 2.43. The third-order valence-electron chi connectivity index (χ3n) is 5.58. The molecule has 1 aromatic heterocycles. The van der Waals surface area contributed by atoms with E-state index in [0.717, 1.165) is 24.5 Å². The van der Waals surface area contributed by atoms with E-state index in [4.69, 9.17) is 0 Å². The van der Waals surface area contributed by atoms with Gasteiger partial charge >= 0.3 is 0 Å². The Morgan fingerprint density at radius 2 is 2.08 bits per heavy atom. The predicted octanol–water partition coefficient (Wildman–Crippen LogP) is 3.77. The quantitative estimate of drug-likeness (QED) is 0.917. The summed E-state index contributed by atoms with van der Waals surface area (Å²) in [6, 6.07) is 5.62. The zero-order valence-electron chi connectivity index (χ0n) is 14.1. The molecule has 2 fully saturated rings. The van der Waals surface area contributed by atoms with Gasteiger partial charge in [0.05, 0.1) is 5.69 Å². The van der Waals surface area contributed by atoms with Crippen LogP contribution in [0.3, 0.4) is 0 Å². The van der Waals surface area contributed by atoms with Gasteiger partial charge in [-0.05, 0) is 62.3 Å². The van der Waals surface area contributed by atoms with E-state index in [1.165, 1.54) is 25.3 Å². The van der Waals surface area contributed by atoms with Gasteiger partial charge in [-0.15, -0.1) is 0 Å². The molecule has 25 heavy (non-hydrogen) atoms. The van der Waals surface area contributed by atoms with Crippen LogP contribution in [0.1, 0.15) is 43.1 Å². The fraction of sp³-hybridized carbons (Fsp3) is 0.474. The SMILES string of the molecule is CCn1nc(C(=O)N[C@@H]2C[C@H]3CC[C@H]2C3)cc1-c1ccc(F)c(F)c1. The highest BCUT2D eigenvalue weighted by Crippen LogP contribution is 2.44. The van der Waals surface area contributed by atoms with Gasteiger partial charge in [-0.3, -0.25) is 9.48 Å². The minimum absolute atomic E-state index is 0.186. The van der Waals surface area contributed by atoms with E-state index < -0.39 is 11.6 Å². The van der Waals surface area contributed by atoms with Crippen molar-refractivity contribution in [3.05, 3.63) is 41.6 Å². The summed E-state index contributed by atoms with van der Waals surface area (Å²) < 4.78 is 28.3. The third-order valence-corrected chi connectivity index (χ3v) is 5.58. The first-order valence-corrected chi connectivity index (χ1v) is 8.89. The number of carbonyl (C=O) groups is 1. The minimum atomic E-state index is -0.908. The molecule has 3 atom stereocenters. The highest BCUT2D eigenvalue weighted by molar-refractivity contribution is 5.93. The summed E-state index contributed by atoms with van der Waals surface area (Å²) in [7, 11) is 0. The van der Waals surface area contributed by atoms with E-state index in [1.807, 2.05) is 6.92 Å². The highest BCUT2D eigenvalue weighted by atomic mass is 19.2. The van der Waals surface area contributed by atoms with Crippen LogP contribution in [0.5, 0.6) is 0 Å². The molecule has 0 spiro atoms. The summed E-state index contributed by atoms with van der Waals surface area (Å²) in [4.78, 5) is 12.6. The van der Waals surface area contributed by atoms with Gasteiger partial charge in [0.1, 0.15) is 0 Å². The van der Waals surface area contributed by atoms with Crippen molar-refractivity contribution in [2.75, 3.05) is 0 Å². The van der Waals surface area contributed by atoms with Gasteiger partial charge in [-0.1, -0.05) is 6.42 Å². The minimum Gasteiger partial charge on any atom is -0.348 e. The lowest BCUT2D eigenvalue weighted by Crippen LogP contribution is -2.38. The molecule has 1 amide bonds. The van der Waals surface area contributed by atoms with Crippen LogP contribution in [-0.4, -0.2) is 21.7 Å². The number of aromatic nitrogens is 2. The van der Waals surface area contributed by atoms with Crippen molar-refractivity contribution in [2.24, 2.45) is 11.8 Å². The summed E-state index contributed by atoms with van der Waals surface area (Å²) in [5.41, 5.74) is 1.44. The maximum absolute atomic E-state index is 13.5. The van der Waals surface area contributed by atoms with Gasteiger partial charge in [0, 0.05) is 18.2 Å². The molecule has 2 aliphatic carbocycles. The number of nitrogens with one attached hydrogen (secondary N) is 1. The first kappa shape index (κ1) is 16.2. The fourth-order valence-electron chi connectivity index (χ4n) is 4.32. The zero-order valence-corrected chi connectivity index (χ0v) is 14.1. The van der Waals surface area contributed by atoms with Gasteiger partial charge < -0.3 is 5.32 Å². The first-order valence-electron chi connectivity index (χ1n) is 8.89. The average Bonchev–Trinajstić information content (AvgIpc) is 3.31. The van der Waals surface area contributed by atoms with Gasteiger partial charge in [-0.25, -0.2) is 8.78 Å². The van der Waals surface area contributed by atoms with Crippen molar-refractivity contribution in [1.82, 2.24) is 15.1 Å². The van der Waals surface area contributed by atoms with Crippen molar-refractivity contribution in [3.8, 4) is 11.3 Å². The molecule has 1 N–H and O–H groups in total. The van der Waals surface area contributed by atoms with Crippen LogP contribution in [0.25, 0.3) is 11.3 Å². The molecule has 0 saturated heterocycles. The number of fused-ring (bicyclic) bond motifs is 2. The van der Waals surface area contributed by atoms with Crippen molar-refractivity contribution in [3.63, 3.8) is 0 Å². The fourth-order valence-corrected chi connectivity index (χ4v) is 4.32. The second-order valence-electron chi connectivity index (χ2n) is 7.11. The summed E-state index contributed by atoms with van der Waals surface area (Å²) in [6.07, 6.45) is 4.75. The smallest absolute Gasteiger partial charge is 0.272 e. The third kappa shape index (κ3) is 2.94. The number of halogens is 2. The van der Waals surface area contributed by atoms with Crippen LogP contribution in [-0.2, 0) is 6.54 Å². The number of nitrogens with zero attached hydrogens (tertiary/aromatic N) is 2. The molecule has 2 aromatic rings. The second kappa shape index (κ2) is 6.24. The predicted molar refractivity (Wildman–Crippen MR) is 90.0 cm³/mol. The standard InChI is InChI=1S/C19H21F2N3O/c1-2-24-18(13-5-6-14(20)15(21)9-13)10-17(23-24)19(25)22-16-8-11-3-4-12(16)7-11/h5-6,9-12,16H,2-4,7-8H2,1H3,(H,22,25)/t11-,12-,16+/m0/s1. The highest BCUT2D eigenvalue weighted by Gasteiger charge is 2.40. The van der Waals surface area contributed by atoms with Crippen LogP contribution in [0, 0.1) is 23.5 Å². The topological polar surface area (TPSA) is 46.9 Å². The molecule has 1 aromatic carbocycles. The molecular weight excluding hydrogens is 324 g/mol. The maximum atomic E-state index is 13.5. The molecule has 0 radical (unpaired) electrons. The number of amides is 1. The Balaban J connectivity index is 1.57. The molecule has 2 bridgehead atoms. The molecule has 0 unspecified atom stereocenters. The zero-order chi connectivity index (χ0) is 17.6. The van der Waals surface area contributed by atoms with Crippen LogP contribution < -0.4 is 5.32 Å². The number of hydrogen-bond donors (Lipinski definition) is 1. The number of benzene rings is 1. The van der Waals surface area contributed by atoms with Crippen molar-refractivity contribution < 1.29 is 13.6 Å². The van der Waals surface area contributed by atoms with Crippen molar-refractivity contribution in [1.29, 1.82) is 0 Å². The van der Waals surface area contributed by atoms with Crippen LogP contribution in [0.15, 0.2) is 24.3 Å². The van der Waals surface area contributed by atoms with Crippen molar-refractivity contribution in [2.45, 2.75) is 45.2 Å². The maximum Gasteiger partial charge on any atom is 0.272 e. The van der Waals surface area contributed by atoms with Gasteiger partial charge in [-0.2, -0.15) is 5.10 Å². The normalized spacial score (nSPS) is 24.7. The lowest BCUT2D eigenvalue weighted by molar-refractivity contribution is 0.0917. The Bertz CT molecular complexity index is 817. The van der Waals surface area contributed by atoms with Gasteiger partial charge in [0.25, 0.3) is 5.91 Å². The van der Waals surface area contributed by atoms with E-state index >= 15 is 0 Å². The Morgan fingerprint density at radius 1 is 1.24 bits per heavy atom. The van der Waals surface area contributed by atoms with E-state index in [2.05, 4.69) is 10.4 Å².